The van der Waals surface area contributed by atoms with Crippen LogP contribution < -0.4 is 4.90 Å². The van der Waals surface area contributed by atoms with Crippen LogP contribution in [0.25, 0.3) is 22.2 Å². The van der Waals surface area contributed by atoms with Gasteiger partial charge in [-0.05, 0) is 29.7 Å². The highest BCUT2D eigenvalue weighted by Crippen LogP contribution is 2.38. The quantitative estimate of drug-likeness (QED) is 0.550. The van der Waals surface area contributed by atoms with Gasteiger partial charge in [-0.2, -0.15) is 0 Å². The van der Waals surface area contributed by atoms with Gasteiger partial charge >= 0.3 is 0 Å². The summed E-state index contributed by atoms with van der Waals surface area (Å²) >= 11 is 0. The average molecular weight is 326 g/mol. The average Bonchev–Trinajstić information content (AvgIpc) is 3.23. The molecule has 4 nitrogen and oxygen atoms in total. The number of benzene rings is 3. The number of anilines is 1. The van der Waals surface area contributed by atoms with Crippen molar-refractivity contribution in [1.82, 2.24) is 4.98 Å². The number of oxazole rings is 1. The van der Waals surface area contributed by atoms with Gasteiger partial charge in [-0.25, -0.2) is 4.98 Å². The van der Waals surface area contributed by atoms with Crippen molar-refractivity contribution in [3.05, 3.63) is 84.3 Å². The zero-order valence-electron chi connectivity index (χ0n) is 13.3. The molecule has 0 radical (unpaired) electrons. The Kier molecular flexibility index (Phi) is 2.97. The van der Waals surface area contributed by atoms with Crippen LogP contribution in [0.2, 0.25) is 0 Å². The van der Waals surface area contributed by atoms with Crippen LogP contribution in [-0.4, -0.2) is 10.9 Å². The molecule has 2 heterocycles. The Balaban J connectivity index is 1.51. The van der Waals surface area contributed by atoms with Crippen LogP contribution in [0.15, 0.2) is 77.4 Å². The third kappa shape index (κ3) is 2.15. The summed E-state index contributed by atoms with van der Waals surface area (Å²) in [5.74, 6) is 0.578. The van der Waals surface area contributed by atoms with E-state index in [-0.39, 0.29) is 5.91 Å². The van der Waals surface area contributed by atoms with Crippen LogP contribution in [0.1, 0.15) is 16.1 Å². The number of hydrogen-bond donors (Lipinski definition) is 0. The summed E-state index contributed by atoms with van der Waals surface area (Å²) in [6, 6.07) is 21.6. The highest BCUT2D eigenvalue weighted by atomic mass is 16.3. The zero-order chi connectivity index (χ0) is 16.8. The van der Waals surface area contributed by atoms with Gasteiger partial charge in [0.1, 0.15) is 6.26 Å². The number of amides is 1. The Hall–Kier alpha value is -3.40. The van der Waals surface area contributed by atoms with Crippen molar-refractivity contribution >= 4 is 22.4 Å². The summed E-state index contributed by atoms with van der Waals surface area (Å²) in [6.07, 6.45) is 1.62. The van der Waals surface area contributed by atoms with E-state index in [1.807, 2.05) is 66.7 Å². The first kappa shape index (κ1) is 14.0. The third-order valence-electron chi connectivity index (χ3n) is 4.54. The molecule has 3 aromatic carbocycles. The second-order valence-electron chi connectivity index (χ2n) is 6.08. The summed E-state index contributed by atoms with van der Waals surface area (Å²) in [4.78, 5) is 19.1. The number of carbonyl (C=O) groups excluding carboxylic acids is 1. The van der Waals surface area contributed by atoms with Crippen molar-refractivity contribution in [2.24, 2.45) is 0 Å². The molecule has 1 aliphatic heterocycles. The van der Waals surface area contributed by atoms with Crippen molar-refractivity contribution in [1.29, 1.82) is 0 Å². The highest BCUT2D eigenvalue weighted by Gasteiger charge is 2.30. The van der Waals surface area contributed by atoms with E-state index in [1.165, 1.54) is 0 Å². The predicted octanol–water partition coefficient (Wildman–Crippen LogP) is 4.66. The molecule has 0 atom stereocenters. The van der Waals surface area contributed by atoms with E-state index in [9.17, 15) is 4.79 Å². The Labute approximate surface area is 144 Å². The Morgan fingerprint density at radius 3 is 2.56 bits per heavy atom. The molecule has 1 aromatic heterocycles. The molecule has 0 fully saturated rings. The molecule has 0 saturated heterocycles. The number of hydrogen-bond acceptors (Lipinski definition) is 3. The minimum absolute atomic E-state index is 0.0102. The van der Waals surface area contributed by atoms with Gasteiger partial charge in [0, 0.05) is 16.5 Å². The number of rotatable bonds is 3. The molecule has 0 aliphatic carbocycles. The lowest BCUT2D eigenvalue weighted by molar-refractivity contribution is 0.0991. The van der Waals surface area contributed by atoms with Crippen LogP contribution in [0.3, 0.4) is 0 Å². The van der Waals surface area contributed by atoms with E-state index >= 15 is 0 Å². The molecule has 120 valence electrons. The molecule has 5 rings (SSSR count). The van der Waals surface area contributed by atoms with Crippen molar-refractivity contribution in [2.45, 2.75) is 6.54 Å². The lowest BCUT2D eigenvalue weighted by atomic mass is 10.1. The van der Waals surface area contributed by atoms with Crippen LogP contribution in [0.4, 0.5) is 5.69 Å². The summed E-state index contributed by atoms with van der Waals surface area (Å²) < 4.78 is 5.60. The second kappa shape index (κ2) is 5.31. The lowest BCUT2D eigenvalue weighted by Crippen LogP contribution is -2.26. The Morgan fingerprint density at radius 2 is 1.72 bits per heavy atom. The molecular weight excluding hydrogens is 312 g/mol. The fourth-order valence-electron chi connectivity index (χ4n) is 3.39. The molecule has 1 aliphatic rings. The normalized spacial score (nSPS) is 13.0. The first-order chi connectivity index (χ1) is 12.3. The van der Waals surface area contributed by atoms with Gasteiger partial charge in [-0.1, -0.05) is 42.5 Å². The van der Waals surface area contributed by atoms with Gasteiger partial charge in [0.2, 0.25) is 5.89 Å². The number of carbonyl (C=O) groups is 1. The van der Waals surface area contributed by atoms with Gasteiger partial charge in [0.05, 0.1) is 17.9 Å². The van der Waals surface area contributed by atoms with Crippen LogP contribution in [-0.2, 0) is 6.54 Å². The maximum atomic E-state index is 12.8. The molecule has 0 N–H and O–H groups in total. The standard InChI is InChI=1S/C21H14N2O2/c24-21-17-10-4-8-14-9-5-11-18(19(14)17)23(21)12-16-13-25-20(22-16)15-6-2-1-3-7-15/h1-11,13H,12H2. The third-order valence-corrected chi connectivity index (χ3v) is 4.54. The van der Waals surface area contributed by atoms with E-state index in [0.29, 0.717) is 12.4 Å². The summed E-state index contributed by atoms with van der Waals surface area (Å²) in [7, 11) is 0. The molecular formula is C21H14N2O2. The van der Waals surface area contributed by atoms with E-state index in [1.54, 1.807) is 11.2 Å². The maximum absolute atomic E-state index is 12.8. The number of aromatic nitrogens is 1. The van der Waals surface area contributed by atoms with Gasteiger partial charge in [-0.15, -0.1) is 0 Å². The summed E-state index contributed by atoms with van der Waals surface area (Å²) in [5.41, 5.74) is 3.34. The van der Waals surface area contributed by atoms with Crippen LogP contribution >= 0.6 is 0 Å². The fraction of sp³-hybridized carbons (Fsp3) is 0.0476. The summed E-state index contributed by atoms with van der Waals surface area (Å²) in [6.45, 7) is 0.392. The smallest absolute Gasteiger partial charge is 0.259 e. The van der Waals surface area contributed by atoms with Crippen LogP contribution in [0.5, 0.6) is 0 Å². The monoisotopic (exact) mass is 326 g/mol. The minimum atomic E-state index is 0.0102. The van der Waals surface area contributed by atoms with Crippen LogP contribution in [0, 0.1) is 0 Å². The molecule has 0 unspecified atom stereocenters. The topological polar surface area (TPSA) is 46.3 Å². The molecule has 25 heavy (non-hydrogen) atoms. The molecule has 1 amide bonds. The second-order valence-corrected chi connectivity index (χ2v) is 6.08. The summed E-state index contributed by atoms with van der Waals surface area (Å²) in [5, 5.41) is 2.10. The molecule has 4 aromatic rings. The van der Waals surface area contributed by atoms with Crippen molar-refractivity contribution < 1.29 is 9.21 Å². The van der Waals surface area contributed by atoms with Crippen molar-refractivity contribution in [2.75, 3.05) is 4.90 Å². The first-order valence-corrected chi connectivity index (χ1v) is 8.15. The van der Waals surface area contributed by atoms with Crippen molar-refractivity contribution in [3.63, 3.8) is 0 Å². The molecule has 0 saturated carbocycles. The van der Waals surface area contributed by atoms with E-state index in [4.69, 9.17) is 4.42 Å². The van der Waals surface area contributed by atoms with Gasteiger partial charge in [-0.3, -0.25) is 4.79 Å². The van der Waals surface area contributed by atoms with Gasteiger partial charge < -0.3 is 9.32 Å². The predicted molar refractivity (Wildman–Crippen MR) is 96.4 cm³/mol. The Bertz CT molecular complexity index is 1090. The van der Waals surface area contributed by atoms with E-state index in [2.05, 4.69) is 4.98 Å². The first-order valence-electron chi connectivity index (χ1n) is 8.15. The van der Waals surface area contributed by atoms with Crippen molar-refractivity contribution in [3.8, 4) is 11.5 Å². The maximum Gasteiger partial charge on any atom is 0.259 e. The van der Waals surface area contributed by atoms with E-state index < -0.39 is 0 Å². The largest absolute Gasteiger partial charge is 0.444 e. The minimum Gasteiger partial charge on any atom is -0.444 e. The lowest BCUT2D eigenvalue weighted by Gasteiger charge is -2.15. The van der Waals surface area contributed by atoms with Gasteiger partial charge in [0.25, 0.3) is 5.91 Å². The fourth-order valence-corrected chi connectivity index (χ4v) is 3.39. The SMILES string of the molecule is O=C1c2cccc3cccc(c23)N1Cc1coc(-c2ccccc2)n1. The molecule has 0 bridgehead atoms. The number of nitrogens with zero attached hydrogens (tertiary/aromatic N) is 2. The van der Waals surface area contributed by atoms with E-state index in [0.717, 1.165) is 33.3 Å². The molecule has 0 spiro atoms. The van der Waals surface area contributed by atoms with Gasteiger partial charge in [0.15, 0.2) is 0 Å². The Morgan fingerprint density at radius 1 is 0.920 bits per heavy atom. The molecule has 4 heteroatoms. The zero-order valence-corrected chi connectivity index (χ0v) is 13.3. The highest BCUT2D eigenvalue weighted by molar-refractivity contribution is 6.24.